The largest absolute Gasteiger partial charge is 0.468 e. The minimum absolute atomic E-state index is 0.0151. The Morgan fingerprint density at radius 1 is 1.10 bits per heavy atom. The number of aryl methyl sites for hydroxylation is 2. The van der Waals surface area contributed by atoms with Gasteiger partial charge in [0.15, 0.2) is 14.6 Å². The number of hydrogen-bond donors (Lipinski definition) is 0. The summed E-state index contributed by atoms with van der Waals surface area (Å²) >= 11 is 1.31. The van der Waals surface area contributed by atoms with E-state index in [4.69, 9.17) is 4.74 Å². The summed E-state index contributed by atoms with van der Waals surface area (Å²) in [5.41, 5.74) is 3.22. The van der Waals surface area contributed by atoms with Crippen molar-refractivity contribution in [1.29, 1.82) is 0 Å². The summed E-state index contributed by atoms with van der Waals surface area (Å²) in [6, 6.07) is 9.65. The van der Waals surface area contributed by atoms with Crippen LogP contribution in [0, 0.1) is 13.8 Å². The van der Waals surface area contributed by atoms with E-state index in [1.54, 1.807) is 11.5 Å². The van der Waals surface area contributed by atoms with E-state index in [9.17, 15) is 18.0 Å². The molecule has 1 amide bonds. The number of aromatic nitrogens is 1. The fraction of sp³-hybridized carbons (Fsp3) is 0.286. The molecule has 0 saturated heterocycles. The third kappa shape index (κ3) is 4.36. The summed E-state index contributed by atoms with van der Waals surface area (Å²) in [5, 5.41) is 0. The maximum Gasteiger partial charge on any atom is 0.325 e. The summed E-state index contributed by atoms with van der Waals surface area (Å²) in [4.78, 5) is 29.4. The van der Waals surface area contributed by atoms with Gasteiger partial charge in [0, 0.05) is 5.56 Å². The molecular weight excluding hydrogens is 424 g/mol. The lowest BCUT2D eigenvalue weighted by atomic mass is 10.1. The van der Waals surface area contributed by atoms with Gasteiger partial charge in [-0.25, -0.2) is 8.42 Å². The van der Waals surface area contributed by atoms with Crippen molar-refractivity contribution in [2.45, 2.75) is 32.2 Å². The van der Waals surface area contributed by atoms with Crippen LogP contribution in [0.5, 0.6) is 0 Å². The van der Waals surface area contributed by atoms with E-state index < -0.39 is 21.7 Å². The molecule has 1 aromatic heterocycles. The highest BCUT2D eigenvalue weighted by atomic mass is 32.2. The van der Waals surface area contributed by atoms with Gasteiger partial charge in [-0.2, -0.15) is 4.99 Å². The highest BCUT2D eigenvalue weighted by molar-refractivity contribution is 7.91. The van der Waals surface area contributed by atoms with Crippen LogP contribution in [-0.2, 0) is 25.9 Å². The summed E-state index contributed by atoms with van der Waals surface area (Å²) in [7, 11) is -2.04. The van der Waals surface area contributed by atoms with E-state index in [-0.39, 0.29) is 22.8 Å². The van der Waals surface area contributed by atoms with Crippen LogP contribution in [0.3, 0.4) is 0 Å². The van der Waals surface area contributed by atoms with Gasteiger partial charge >= 0.3 is 5.97 Å². The van der Waals surface area contributed by atoms with Gasteiger partial charge in [-0.05, 0) is 61.4 Å². The average Bonchev–Trinajstić information content (AvgIpc) is 3.04. The molecule has 0 bridgehead atoms. The number of esters is 1. The predicted octanol–water partition coefficient (Wildman–Crippen LogP) is 3.03. The Labute approximate surface area is 178 Å². The Hall–Kier alpha value is -2.78. The number of nitrogens with zero attached hydrogens (tertiary/aromatic N) is 2. The van der Waals surface area contributed by atoms with Gasteiger partial charge in [-0.1, -0.05) is 18.3 Å². The van der Waals surface area contributed by atoms with E-state index >= 15 is 0 Å². The average molecular weight is 447 g/mol. The molecule has 3 rings (SSSR count). The summed E-state index contributed by atoms with van der Waals surface area (Å²) < 4.78 is 31.2. The van der Waals surface area contributed by atoms with Crippen molar-refractivity contribution < 1.29 is 22.7 Å². The van der Waals surface area contributed by atoms with Crippen molar-refractivity contribution in [3.8, 4) is 0 Å². The Balaban J connectivity index is 2.09. The van der Waals surface area contributed by atoms with Gasteiger partial charge < -0.3 is 9.30 Å². The van der Waals surface area contributed by atoms with Crippen LogP contribution in [0.1, 0.15) is 28.4 Å². The molecule has 0 radical (unpaired) electrons. The van der Waals surface area contributed by atoms with Gasteiger partial charge in [0.25, 0.3) is 5.91 Å². The minimum atomic E-state index is -3.34. The normalized spacial score (nSPS) is 12.3. The lowest BCUT2D eigenvalue weighted by Gasteiger charge is -2.05. The minimum Gasteiger partial charge on any atom is -0.468 e. The lowest BCUT2D eigenvalue weighted by Crippen LogP contribution is -2.22. The first kappa shape index (κ1) is 21.9. The number of ether oxygens (including phenoxy) is 1. The first-order valence-electron chi connectivity index (χ1n) is 9.25. The second-order valence-electron chi connectivity index (χ2n) is 6.80. The number of amides is 1. The van der Waals surface area contributed by atoms with Crippen LogP contribution in [0.15, 0.2) is 46.3 Å². The third-order valence-electron chi connectivity index (χ3n) is 4.85. The number of rotatable bonds is 5. The summed E-state index contributed by atoms with van der Waals surface area (Å²) in [6.07, 6.45) is 0. The number of sulfone groups is 1. The Morgan fingerprint density at radius 2 is 1.73 bits per heavy atom. The molecule has 0 unspecified atom stereocenters. The zero-order valence-electron chi connectivity index (χ0n) is 17.1. The lowest BCUT2D eigenvalue weighted by molar-refractivity contribution is -0.141. The molecule has 0 spiro atoms. The standard InChI is InChI=1S/C21H22N2O5S2/c1-5-30(26,27)16-8-6-15(7-9-16)20(25)22-21-23(12-19(24)28-4)17-10-13(2)14(3)11-18(17)29-21/h6-11H,5,12H2,1-4H3. The number of thiazole rings is 1. The van der Waals surface area contributed by atoms with Gasteiger partial charge in [-0.3, -0.25) is 9.59 Å². The van der Waals surface area contributed by atoms with Crippen molar-refractivity contribution in [2.24, 2.45) is 4.99 Å². The molecule has 0 saturated carbocycles. The number of benzene rings is 2. The molecule has 7 nitrogen and oxygen atoms in total. The van der Waals surface area contributed by atoms with E-state index in [0.29, 0.717) is 4.80 Å². The fourth-order valence-electron chi connectivity index (χ4n) is 2.88. The van der Waals surface area contributed by atoms with Crippen molar-refractivity contribution >= 4 is 43.3 Å². The quantitative estimate of drug-likeness (QED) is 0.562. The number of methoxy groups -OCH3 is 1. The van der Waals surface area contributed by atoms with Crippen LogP contribution >= 0.6 is 11.3 Å². The number of carbonyl (C=O) groups is 2. The number of hydrogen-bond acceptors (Lipinski definition) is 6. The number of fused-ring (bicyclic) bond motifs is 1. The van der Waals surface area contributed by atoms with Gasteiger partial charge in [0.05, 0.1) is 28.0 Å². The van der Waals surface area contributed by atoms with E-state index in [0.717, 1.165) is 21.3 Å². The zero-order valence-corrected chi connectivity index (χ0v) is 18.8. The van der Waals surface area contributed by atoms with Crippen molar-refractivity contribution in [2.75, 3.05) is 12.9 Å². The molecule has 0 N–H and O–H groups in total. The molecule has 0 aliphatic carbocycles. The van der Waals surface area contributed by atoms with E-state index in [1.807, 2.05) is 26.0 Å². The van der Waals surface area contributed by atoms with Gasteiger partial charge in [0.2, 0.25) is 0 Å². The monoisotopic (exact) mass is 446 g/mol. The molecule has 0 aliphatic rings. The van der Waals surface area contributed by atoms with Crippen molar-refractivity contribution in [3.63, 3.8) is 0 Å². The topological polar surface area (TPSA) is 94.8 Å². The Morgan fingerprint density at radius 3 is 2.33 bits per heavy atom. The second-order valence-corrected chi connectivity index (χ2v) is 10.1. The molecular formula is C21H22N2O5S2. The summed E-state index contributed by atoms with van der Waals surface area (Å²) in [6.45, 7) is 5.46. The van der Waals surface area contributed by atoms with Crippen LogP contribution in [-0.4, -0.2) is 37.7 Å². The Bertz CT molecular complexity index is 1300. The van der Waals surface area contributed by atoms with Crippen LogP contribution in [0.4, 0.5) is 0 Å². The van der Waals surface area contributed by atoms with E-state index in [2.05, 4.69) is 4.99 Å². The van der Waals surface area contributed by atoms with Crippen molar-refractivity contribution in [1.82, 2.24) is 4.57 Å². The smallest absolute Gasteiger partial charge is 0.325 e. The van der Waals surface area contributed by atoms with Crippen LogP contribution in [0.25, 0.3) is 10.2 Å². The molecule has 0 aliphatic heterocycles. The first-order chi connectivity index (χ1) is 14.2. The fourth-order valence-corrected chi connectivity index (χ4v) is 4.87. The molecule has 2 aromatic carbocycles. The van der Waals surface area contributed by atoms with E-state index in [1.165, 1.54) is 42.7 Å². The Kier molecular flexibility index (Phi) is 6.23. The summed E-state index contributed by atoms with van der Waals surface area (Å²) in [5.74, 6) is -0.983. The molecule has 158 valence electrons. The van der Waals surface area contributed by atoms with Gasteiger partial charge in [-0.15, -0.1) is 0 Å². The molecule has 0 atom stereocenters. The van der Waals surface area contributed by atoms with Crippen molar-refractivity contribution in [3.05, 3.63) is 57.9 Å². The van der Waals surface area contributed by atoms with Crippen LogP contribution in [0.2, 0.25) is 0 Å². The third-order valence-corrected chi connectivity index (χ3v) is 7.64. The number of carbonyl (C=O) groups excluding carboxylic acids is 2. The van der Waals surface area contributed by atoms with Crippen LogP contribution < -0.4 is 4.80 Å². The first-order valence-corrected chi connectivity index (χ1v) is 11.7. The maximum absolute atomic E-state index is 12.7. The molecule has 1 heterocycles. The molecule has 3 aromatic rings. The molecule has 0 fully saturated rings. The zero-order chi connectivity index (χ0) is 22.1. The molecule has 30 heavy (non-hydrogen) atoms. The second kappa shape index (κ2) is 8.53. The van der Waals surface area contributed by atoms with Gasteiger partial charge in [0.1, 0.15) is 6.54 Å². The predicted molar refractivity (Wildman–Crippen MR) is 115 cm³/mol. The maximum atomic E-state index is 12.7. The highest BCUT2D eigenvalue weighted by Crippen LogP contribution is 2.22. The molecule has 9 heteroatoms. The highest BCUT2D eigenvalue weighted by Gasteiger charge is 2.15. The SMILES string of the molecule is CCS(=O)(=O)c1ccc(C(=O)N=c2sc3cc(C)c(C)cc3n2CC(=O)OC)cc1.